The number of halogens is 1. The summed E-state index contributed by atoms with van der Waals surface area (Å²) in [5.74, 6) is -0.0317. The minimum atomic E-state index is -0.135. The summed E-state index contributed by atoms with van der Waals surface area (Å²) >= 11 is 6.06. The number of aromatic nitrogens is 1. The van der Waals surface area contributed by atoms with E-state index >= 15 is 0 Å². The van der Waals surface area contributed by atoms with Gasteiger partial charge in [-0.05, 0) is 68.1 Å². The number of pyridine rings is 1. The molecule has 0 atom stereocenters. The van der Waals surface area contributed by atoms with Gasteiger partial charge in [0.05, 0.1) is 5.52 Å². The molecule has 0 saturated heterocycles. The van der Waals surface area contributed by atoms with Crippen molar-refractivity contribution in [1.29, 1.82) is 0 Å². The van der Waals surface area contributed by atoms with Gasteiger partial charge in [-0.1, -0.05) is 17.7 Å². The first-order valence-corrected chi connectivity index (χ1v) is 9.87. The summed E-state index contributed by atoms with van der Waals surface area (Å²) in [4.78, 5) is 16.7. The number of anilines is 1. The molecule has 6 heteroatoms. The predicted octanol–water partition coefficient (Wildman–Crippen LogP) is 4.75. The van der Waals surface area contributed by atoms with Gasteiger partial charge in [0.25, 0.3) is 5.91 Å². The van der Waals surface area contributed by atoms with E-state index in [1.54, 1.807) is 24.4 Å². The zero-order valence-corrected chi connectivity index (χ0v) is 16.1. The van der Waals surface area contributed by atoms with Crippen LogP contribution in [0.4, 0.5) is 5.69 Å². The minimum Gasteiger partial charge on any atom is -0.508 e. The van der Waals surface area contributed by atoms with Crippen LogP contribution in [0.1, 0.15) is 36.0 Å². The van der Waals surface area contributed by atoms with Crippen molar-refractivity contribution in [2.45, 2.75) is 37.8 Å². The maximum atomic E-state index is 12.4. The Labute approximate surface area is 168 Å². The van der Waals surface area contributed by atoms with Crippen molar-refractivity contribution in [1.82, 2.24) is 10.3 Å². The van der Waals surface area contributed by atoms with Gasteiger partial charge in [-0.2, -0.15) is 0 Å². The third-order valence-electron chi connectivity index (χ3n) is 5.24. The van der Waals surface area contributed by atoms with Gasteiger partial charge in [0.15, 0.2) is 0 Å². The van der Waals surface area contributed by atoms with Crippen LogP contribution < -0.4 is 10.6 Å². The fraction of sp³-hybridized carbons (Fsp3) is 0.273. The van der Waals surface area contributed by atoms with Gasteiger partial charge in [-0.3, -0.25) is 9.78 Å². The van der Waals surface area contributed by atoms with E-state index < -0.39 is 0 Å². The van der Waals surface area contributed by atoms with E-state index in [2.05, 4.69) is 15.6 Å². The Morgan fingerprint density at radius 1 is 1.04 bits per heavy atom. The maximum Gasteiger partial charge on any atom is 0.251 e. The number of phenolic OH excluding ortho intramolecular Hbond substituents is 1. The zero-order valence-electron chi connectivity index (χ0n) is 15.4. The number of rotatable bonds is 4. The van der Waals surface area contributed by atoms with Crippen LogP contribution in [0.2, 0.25) is 5.02 Å². The molecule has 0 unspecified atom stereocenters. The van der Waals surface area contributed by atoms with E-state index in [0.717, 1.165) is 42.3 Å². The monoisotopic (exact) mass is 395 g/mol. The minimum absolute atomic E-state index is 0.103. The molecule has 1 heterocycles. The molecular weight excluding hydrogens is 374 g/mol. The molecule has 1 amide bonds. The molecule has 1 aliphatic rings. The van der Waals surface area contributed by atoms with Crippen molar-refractivity contribution in [2.24, 2.45) is 0 Å². The van der Waals surface area contributed by atoms with Gasteiger partial charge in [0.1, 0.15) is 5.75 Å². The number of hydrogen-bond acceptors (Lipinski definition) is 4. The lowest BCUT2D eigenvalue weighted by molar-refractivity contribution is 0.0926. The van der Waals surface area contributed by atoms with Crippen molar-refractivity contribution in [3.63, 3.8) is 0 Å². The molecule has 28 heavy (non-hydrogen) atoms. The molecule has 3 N–H and O–H groups in total. The lowest BCUT2D eigenvalue weighted by Crippen LogP contribution is -2.40. The third-order valence-corrected chi connectivity index (χ3v) is 5.47. The Balaban J connectivity index is 1.35. The van der Waals surface area contributed by atoms with E-state index in [1.807, 2.05) is 24.3 Å². The van der Waals surface area contributed by atoms with Crippen molar-refractivity contribution in [3.05, 3.63) is 65.3 Å². The molecule has 1 fully saturated rings. The Hall–Kier alpha value is -2.79. The molecule has 144 valence electrons. The van der Waals surface area contributed by atoms with E-state index in [4.69, 9.17) is 11.6 Å². The number of phenols is 1. The topological polar surface area (TPSA) is 74.2 Å². The van der Waals surface area contributed by atoms with Gasteiger partial charge in [-0.25, -0.2) is 0 Å². The largest absolute Gasteiger partial charge is 0.508 e. The summed E-state index contributed by atoms with van der Waals surface area (Å²) in [6.45, 7) is 0. The number of hydrogen-bond donors (Lipinski definition) is 3. The van der Waals surface area contributed by atoms with E-state index in [1.165, 1.54) is 6.07 Å². The normalized spacial score (nSPS) is 19.3. The highest BCUT2D eigenvalue weighted by Crippen LogP contribution is 2.28. The molecule has 0 radical (unpaired) electrons. The third kappa shape index (κ3) is 4.20. The molecular formula is C22H22ClN3O2. The molecule has 3 aromatic rings. The first kappa shape index (κ1) is 18.6. The average molecular weight is 396 g/mol. The molecule has 0 aliphatic heterocycles. The van der Waals surface area contributed by atoms with Crippen molar-refractivity contribution in [3.8, 4) is 5.75 Å². The summed E-state index contributed by atoms with van der Waals surface area (Å²) in [5, 5.41) is 18.0. The summed E-state index contributed by atoms with van der Waals surface area (Å²) in [6, 6.07) is 14.7. The van der Waals surface area contributed by atoms with Crippen LogP contribution in [0, 0.1) is 0 Å². The second-order valence-corrected chi connectivity index (χ2v) is 7.67. The number of carbonyl (C=O) groups is 1. The van der Waals surface area contributed by atoms with Crippen molar-refractivity contribution in [2.75, 3.05) is 5.32 Å². The van der Waals surface area contributed by atoms with E-state index in [-0.39, 0.29) is 17.7 Å². The van der Waals surface area contributed by atoms with Crippen LogP contribution in [0.25, 0.3) is 10.9 Å². The van der Waals surface area contributed by atoms with Crippen LogP contribution in [0.5, 0.6) is 5.75 Å². The van der Waals surface area contributed by atoms with Crippen LogP contribution in [-0.4, -0.2) is 28.1 Å². The highest BCUT2D eigenvalue weighted by atomic mass is 35.5. The number of carbonyl (C=O) groups excluding carboxylic acids is 1. The zero-order chi connectivity index (χ0) is 19.5. The van der Waals surface area contributed by atoms with Gasteiger partial charge in [-0.15, -0.1) is 0 Å². The summed E-state index contributed by atoms with van der Waals surface area (Å²) in [7, 11) is 0. The Morgan fingerprint density at radius 3 is 2.61 bits per heavy atom. The highest BCUT2D eigenvalue weighted by molar-refractivity contribution is 6.31. The molecule has 4 rings (SSSR count). The van der Waals surface area contributed by atoms with Crippen LogP contribution in [-0.2, 0) is 0 Å². The number of nitrogens with one attached hydrogen (secondary N) is 2. The molecule has 1 aliphatic carbocycles. The number of nitrogens with zero attached hydrogens (tertiary/aromatic N) is 1. The number of benzene rings is 2. The second kappa shape index (κ2) is 8.07. The molecule has 1 aromatic heterocycles. The lowest BCUT2D eigenvalue weighted by Gasteiger charge is -2.30. The molecule has 2 aromatic carbocycles. The Morgan fingerprint density at radius 2 is 1.82 bits per heavy atom. The van der Waals surface area contributed by atoms with Crippen LogP contribution >= 0.6 is 11.6 Å². The van der Waals surface area contributed by atoms with E-state index in [0.29, 0.717) is 16.6 Å². The highest BCUT2D eigenvalue weighted by Gasteiger charge is 2.23. The Bertz CT molecular complexity index is 1000. The van der Waals surface area contributed by atoms with E-state index in [9.17, 15) is 9.90 Å². The van der Waals surface area contributed by atoms with Gasteiger partial charge < -0.3 is 15.7 Å². The quantitative estimate of drug-likeness (QED) is 0.596. The number of amides is 1. The standard InChI is InChI=1S/C22H22ClN3O2/c23-15-4-9-19-20(10-11-24-21(19)13-15)25-16-5-7-17(8-6-16)26-22(28)14-2-1-3-18(27)12-14/h1-4,9-13,16-17,27H,5-8H2,(H,24,25)(H,26,28)/t16-,17+. The molecule has 1 saturated carbocycles. The summed E-state index contributed by atoms with van der Waals surface area (Å²) in [6.07, 6.45) is 5.57. The molecule has 0 spiro atoms. The fourth-order valence-electron chi connectivity index (χ4n) is 3.76. The van der Waals surface area contributed by atoms with Crippen molar-refractivity contribution >= 4 is 34.1 Å². The van der Waals surface area contributed by atoms with Gasteiger partial charge in [0, 0.05) is 39.9 Å². The average Bonchev–Trinajstić information content (AvgIpc) is 2.69. The number of fused-ring (bicyclic) bond motifs is 1. The van der Waals surface area contributed by atoms with Gasteiger partial charge in [0.2, 0.25) is 0 Å². The Kier molecular flexibility index (Phi) is 5.35. The van der Waals surface area contributed by atoms with Gasteiger partial charge >= 0.3 is 0 Å². The lowest BCUT2D eigenvalue weighted by atomic mass is 9.90. The summed E-state index contributed by atoms with van der Waals surface area (Å²) < 4.78 is 0. The second-order valence-electron chi connectivity index (χ2n) is 7.24. The SMILES string of the molecule is O=C(N[C@H]1CC[C@@H](Nc2ccnc3cc(Cl)ccc23)CC1)c1cccc(O)c1. The molecule has 0 bridgehead atoms. The molecule has 5 nitrogen and oxygen atoms in total. The first-order valence-electron chi connectivity index (χ1n) is 9.49. The first-order chi connectivity index (χ1) is 13.6. The number of aromatic hydroxyl groups is 1. The van der Waals surface area contributed by atoms with Crippen LogP contribution in [0.3, 0.4) is 0 Å². The smallest absolute Gasteiger partial charge is 0.251 e. The fourth-order valence-corrected chi connectivity index (χ4v) is 3.93. The van der Waals surface area contributed by atoms with Crippen LogP contribution in [0.15, 0.2) is 54.7 Å². The predicted molar refractivity (Wildman–Crippen MR) is 112 cm³/mol. The maximum absolute atomic E-state index is 12.4. The summed E-state index contributed by atoms with van der Waals surface area (Å²) in [5.41, 5.74) is 2.43. The van der Waals surface area contributed by atoms with Crippen molar-refractivity contribution < 1.29 is 9.90 Å².